The third-order valence-corrected chi connectivity index (χ3v) is 3.18. The summed E-state index contributed by atoms with van der Waals surface area (Å²) in [6.45, 7) is 2.58. The maximum Gasteiger partial charge on any atom is 0.0625 e. The van der Waals surface area contributed by atoms with Gasteiger partial charge in [-0.15, -0.1) is 0 Å². The first-order valence-corrected chi connectivity index (χ1v) is 4.86. The average molecular weight is 172 g/mol. The van der Waals surface area contributed by atoms with Crippen molar-refractivity contribution in [2.45, 2.75) is 45.1 Å². The van der Waals surface area contributed by atoms with Crippen LogP contribution in [-0.2, 0) is 4.74 Å². The van der Waals surface area contributed by atoms with Crippen molar-refractivity contribution in [1.82, 2.24) is 0 Å². The van der Waals surface area contributed by atoms with E-state index in [9.17, 15) is 0 Å². The van der Waals surface area contributed by atoms with E-state index in [-0.39, 0.29) is 6.61 Å². The van der Waals surface area contributed by atoms with Gasteiger partial charge in [0.15, 0.2) is 0 Å². The molecule has 72 valence electrons. The van der Waals surface area contributed by atoms with Gasteiger partial charge in [-0.25, -0.2) is 0 Å². The number of hydrogen-bond donors (Lipinski definition) is 1. The highest BCUT2D eigenvalue weighted by Gasteiger charge is 2.39. The highest BCUT2D eigenvalue weighted by atomic mass is 16.5. The van der Waals surface area contributed by atoms with E-state index in [4.69, 9.17) is 9.84 Å². The molecule has 0 aromatic carbocycles. The average Bonchev–Trinajstić information content (AvgIpc) is 2.02. The van der Waals surface area contributed by atoms with Gasteiger partial charge in [-0.3, -0.25) is 0 Å². The van der Waals surface area contributed by atoms with Gasteiger partial charge in [-0.05, 0) is 31.1 Å². The van der Waals surface area contributed by atoms with Crippen molar-refractivity contribution in [2.24, 2.45) is 5.41 Å². The van der Waals surface area contributed by atoms with Gasteiger partial charge in [0, 0.05) is 13.7 Å². The Kier molecular flexibility index (Phi) is 3.53. The minimum Gasteiger partial charge on any atom is -0.396 e. The smallest absolute Gasteiger partial charge is 0.0625 e. The van der Waals surface area contributed by atoms with Gasteiger partial charge in [0.1, 0.15) is 0 Å². The monoisotopic (exact) mass is 172 g/mol. The van der Waals surface area contributed by atoms with E-state index in [1.54, 1.807) is 7.11 Å². The van der Waals surface area contributed by atoms with Crippen molar-refractivity contribution in [2.75, 3.05) is 13.7 Å². The Bertz CT molecular complexity index is 130. The summed E-state index contributed by atoms with van der Waals surface area (Å²) in [5.41, 5.74) is 0.407. The normalized spacial score (nSPS) is 23.2. The number of methoxy groups -OCH3 is 1. The van der Waals surface area contributed by atoms with Crippen LogP contribution < -0.4 is 0 Å². The van der Waals surface area contributed by atoms with Gasteiger partial charge in [-0.1, -0.05) is 13.3 Å². The summed E-state index contributed by atoms with van der Waals surface area (Å²) in [5, 5.41) is 8.71. The number of ether oxygens (including phenoxy) is 1. The van der Waals surface area contributed by atoms with Crippen LogP contribution in [0.4, 0.5) is 0 Å². The molecule has 0 spiro atoms. The molecule has 0 heterocycles. The van der Waals surface area contributed by atoms with Crippen LogP contribution in [0.1, 0.15) is 39.0 Å². The van der Waals surface area contributed by atoms with E-state index in [1.165, 1.54) is 19.3 Å². The second-order valence-electron chi connectivity index (χ2n) is 4.10. The summed E-state index contributed by atoms with van der Waals surface area (Å²) in [6.07, 6.45) is 6.15. The van der Waals surface area contributed by atoms with Crippen molar-refractivity contribution in [3.63, 3.8) is 0 Å². The van der Waals surface area contributed by atoms with Gasteiger partial charge in [0.05, 0.1) is 6.10 Å². The van der Waals surface area contributed by atoms with E-state index >= 15 is 0 Å². The molecule has 1 aliphatic carbocycles. The number of rotatable bonds is 5. The Labute approximate surface area is 74.9 Å². The quantitative estimate of drug-likeness (QED) is 0.687. The third-order valence-electron chi connectivity index (χ3n) is 3.18. The van der Waals surface area contributed by atoms with Gasteiger partial charge in [0.25, 0.3) is 0 Å². The lowest BCUT2D eigenvalue weighted by molar-refractivity contribution is -0.0553. The highest BCUT2D eigenvalue weighted by molar-refractivity contribution is 4.90. The molecule has 0 aliphatic heterocycles. The Balaban J connectivity index is 2.33. The first-order chi connectivity index (χ1) is 5.73. The van der Waals surface area contributed by atoms with Crippen molar-refractivity contribution in [1.29, 1.82) is 0 Å². The maximum absolute atomic E-state index is 8.71. The zero-order chi connectivity index (χ0) is 9.03. The fourth-order valence-electron chi connectivity index (χ4n) is 2.08. The zero-order valence-corrected chi connectivity index (χ0v) is 8.18. The van der Waals surface area contributed by atoms with Crippen molar-refractivity contribution >= 4 is 0 Å². The lowest BCUT2D eigenvalue weighted by atomic mass is 9.65. The Morgan fingerprint density at radius 3 is 2.50 bits per heavy atom. The van der Waals surface area contributed by atoms with Crippen molar-refractivity contribution in [3.05, 3.63) is 0 Å². The van der Waals surface area contributed by atoms with Crippen molar-refractivity contribution < 1.29 is 9.84 Å². The lowest BCUT2D eigenvalue weighted by Crippen LogP contribution is -2.39. The topological polar surface area (TPSA) is 29.5 Å². The summed E-state index contributed by atoms with van der Waals surface area (Å²) in [4.78, 5) is 0. The predicted molar refractivity (Wildman–Crippen MR) is 49.1 cm³/mol. The van der Waals surface area contributed by atoms with Crippen LogP contribution in [0.2, 0.25) is 0 Å². The first kappa shape index (κ1) is 10.0. The molecule has 1 unspecified atom stereocenters. The number of hydrogen-bond acceptors (Lipinski definition) is 2. The lowest BCUT2D eigenvalue weighted by Gasteiger charge is -2.44. The molecule has 12 heavy (non-hydrogen) atoms. The number of aliphatic hydroxyl groups excluding tert-OH is 1. The fraction of sp³-hybridized carbons (Fsp3) is 1.00. The Hall–Kier alpha value is -0.0800. The fourth-order valence-corrected chi connectivity index (χ4v) is 2.08. The standard InChI is InChI=1S/C10H20O2/c1-10(6-4-7-10)9(12-2)5-3-8-11/h9,11H,3-8H2,1-2H3. The molecule has 0 bridgehead atoms. The van der Waals surface area contributed by atoms with E-state index in [0.29, 0.717) is 11.5 Å². The molecule has 0 amide bonds. The molecule has 0 aromatic heterocycles. The molecule has 1 saturated carbocycles. The van der Waals surface area contributed by atoms with Crippen LogP contribution in [0, 0.1) is 5.41 Å². The minimum absolute atomic E-state index is 0.288. The Morgan fingerprint density at radius 2 is 2.17 bits per heavy atom. The number of aliphatic hydroxyl groups is 1. The molecular weight excluding hydrogens is 152 g/mol. The van der Waals surface area contributed by atoms with Crippen LogP contribution in [0.5, 0.6) is 0 Å². The highest BCUT2D eigenvalue weighted by Crippen LogP contribution is 2.45. The zero-order valence-electron chi connectivity index (χ0n) is 8.18. The second kappa shape index (κ2) is 4.24. The minimum atomic E-state index is 0.288. The van der Waals surface area contributed by atoms with Gasteiger partial charge >= 0.3 is 0 Å². The molecule has 1 N–H and O–H groups in total. The van der Waals surface area contributed by atoms with Crippen LogP contribution in [0.25, 0.3) is 0 Å². The summed E-state index contributed by atoms with van der Waals surface area (Å²) in [6, 6.07) is 0. The molecule has 2 nitrogen and oxygen atoms in total. The molecule has 1 aliphatic rings. The van der Waals surface area contributed by atoms with Gasteiger partial charge < -0.3 is 9.84 Å². The van der Waals surface area contributed by atoms with Crippen molar-refractivity contribution in [3.8, 4) is 0 Å². The second-order valence-corrected chi connectivity index (χ2v) is 4.10. The van der Waals surface area contributed by atoms with E-state index in [1.807, 2.05) is 0 Å². The summed E-state index contributed by atoms with van der Waals surface area (Å²) in [5.74, 6) is 0. The van der Waals surface area contributed by atoms with Gasteiger partial charge in [-0.2, -0.15) is 0 Å². The molecule has 1 atom stereocenters. The summed E-state index contributed by atoms with van der Waals surface area (Å²) < 4.78 is 5.45. The van der Waals surface area contributed by atoms with Gasteiger partial charge in [0.2, 0.25) is 0 Å². The van der Waals surface area contributed by atoms with E-state index in [2.05, 4.69) is 6.92 Å². The van der Waals surface area contributed by atoms with E-state index in [0.717, 1.165) is 12.8 Å². The Morgan fingerprint density at radius 1 is 1.50 bits per heavy atom. The maximum atomic E-state index is 8.71. The largest absolute Gasteiger partial charge is 0.396 e. The molecule has 1 fully saturated rings. The third kappa shape index (κ3) is 1.99. The molecular formula is C10H20O2. The van der Waals surface area contributed by atoms with Crippen LogP contribution in [0.15, 0.2) is 0 Å². The molecule has 0 saturated heterocycles. The van der Waals surface area contributed by atoms with Crippen LogP contribution in [-0.4, -0.2) is 24.9 Å². The molecule has 2 heteroatoms. The first-order valence-electron chi connectivity index (χ1n) is 4.86. The molecule has 0 radical (unpaired) electrons. The van der Waals surface area contributed by atoms with Crippen LogP contribution in [0.3, 0.4) is 0 Å². The SMILES string of the molecule is COC(CCCO)C1(C)CCC1. The summed E-state index contributed by atoms with van der Waals surface area (Å²) >= 11 is 0. The molecule has 1 rings (SSSR count). The molecule has 0 aromatic rings. The predicted octanol–water partition coefficient (Wildman–Crippen LogP) is 1.96. The van der Waals surface area contributed by atoms with Crippen LogP contribution >= 0.6 is 0 Å². The van der Waals surface area contributed by atoms with E-state index < -0.39 is 0 Å². The summed E-state index contributed by atoms with van der Waals surface area (Å²) in [7, 11) is 1.78.